The number of nitrogens with zero attached hydrogens (tertiary/aromatic N) is 2. The SMILES string of the molecule is C=C1CC=C(c2ccncc2[N+](=O)[O-])CC1. The molecule has 0 aromatic carbocycles. The minimum Gasteiger partial charge on any atom is -0.258 e. The van der Waals surface area contributed by atoms with E-state index in [9.17, 15) is 10.1 Å². The van der Waals surface area contributed by atoms with E-state index in [2.05, 4.69) is 11.6 Å². The van der Waals surface area contributed by atoms with E-state index in [1.165, 1.54) is 11.8 Å². The molecule has 2 rings (SSSR count). The Kier molecular flexibility index (Phi) is 2.81. The average molecular weight is 216 g/mol. The second-order valence-corrected chi connectivity index (χ2v) is 3.83. The van der Waals surface area contributed by atoms with Crippen molar-refractivity contribution in [2.24, 2.45) is 0 Å². The van der Waals surface area contributed by atoms with Gasteiger partial charge in [0, 0.05) is 6.20 Å². The molecule has 0 spiro atoms. The summed E-state index contributed by atoms with van der Waals surface area (Å²) in [5.74, 6) is 0. The van der Waals surface area contributed by atoms with Crippen molar-refractivity contribution >= 4 is 11.3 Å². The third-order valence-electron chi connectivity index (χ3n) is 2.73. The topological polar surface area (TPSA) is 56.0 Å². The highest BCUT2D eigenvalue weighted by atomic mass is 16.6. The van der Waals surface area contributed by atoms with Crippen molar-refractivity contribution in [3.05, 3.63) is 52.4 Å². The van der Waals surface area contributed by atoms with Gasteiger partial charge >= 0.3 is 0 Å². The van der Waals surface area contributed by atoms with Gasteiger partial charge in [-0.25, -0.2) is 0 Å². The van der Waals surface area contributed by atoms with Crippen LogP contribution in [0.1, 0.15) is 24.8 Å². The molecule has 0 N–H and O–H groups in total. The molecule has 1 heterocycles. The normalized spacial score (nSPS) is 15.8. The first-order valence-corrected chi connectivity index (χ1v) is 5.13. The van der Waals surface area contributed by atoms with Crippen LogP contribution < -0.4 is 0 Å². The number of nitro groups is 1. The third-order valence-corrected chi connectivity index (χ3v) is 2.73. The van der Waals surface area contributed by atoms with Gasteiger partial charge in [-0.3, -0.25) is 15.1 Å². The maximum atomic E-state index is 10.8. The van der Waals surface area contributed by atoms with Crippen molar-refractivity contribution in [1.29, 1.82) is 0 Å². The Morgan fingerprint density at radius 2 is 2.25 bits per heavy atom. The van der Waals surface area contributed by atoms with E-state index < -0.39 is 0 Å². The molecular weight excluding hydrogens is 204 g/mol. The van der Waals surface area contributed by atoms with Crippen molar-refractivity contribution in [2.45, 2.75) is 19.3 Å². The fraction of sp³-hybridized carbons (Fsp3) is 0.250. The van der Waals surface area contributed by atoms with Crippen molar-refractivity contribution in [1.82, 2.24) is 4.98 Å². The summed E-state index contributed by atoms with van der Waals surface area (Å²) in [4.78, 5) is 14.3. The molecule has 0 radical (unpaired) electrons. The summed E-state index contributed by atoms with van der Waals surface area (Å²) in [5, 5.41) is 10.8. The fourth-order valence-corrected chi connectivity index (χ4v) is 1.83. The summed E-state index contributed by atoms with van der Waals surface area (Å²) in [6, 6.07) is 1.71. The second kappa shape index (κ2) is 4.26. The van der Waals surface area contributed by atoms with Crippen molar-refractivity contribution in [3.63, 3.8) is 0 Å². The summed E-state index contributed by atoms with van der Waals surface area (Å²) >= 11 is 0. The number of hydrogen-bond donors (Lipinski definition) is 0. The molecule has 0 atom stereocenters. The molecule has 16 heavy (non-hydrogen) atoms. The highest BCUT2D eigenvalue weighted by Crippen LogP contribution is 2.33. The standard InChI is InChI=1S/C12H12N2O2/c1-9-2-4-10(5-3-9)11-6-7-13-8-12(11)14(15)16/h4,6-8H,1-3,5H2. The van der Waals surface area contributed by atoms with E-state index in [1.54, 1.807) is 12.3 Å². The van der Waals surface area contributed by atoms with Crippen molar-refractivity contribution in [3.8, 4) is 0 Å². The predicted octanol–water partition coefficient (Wildman–Crippen LogP) is 3.11. The molecule has 0 aliphatic heterocycles. The molecule has 0 fully saturated rings. The van der Waals surface area contributed by atoms with Gasteiger partial charge in [0.1, 0.15) is 6.20 Å². The Morgan fingerprint density at radius 3 is 2.88 bits per heavy atom. The lowest BCUT2D eigenvalue weighted by Crippen LogP contribution is -1.99. The molecule has 0 bridgehead atoms. The molecule has 4 heteroatoms. The van der Waals surface area contributed by atoms with Gasteiger partial charge < -0.3 is 0 Å². The van der Waals surface area contributed by atoms with Gasteiger partial charge in [-0.15, -0.1) is 0 Å². The summed E-state index contributed by atoms with van der Waals surface area (Å²) in [6.45, 7) is 3.91. The monoisotopic (exact) mass is 216 g/mol. The lowest BCUT2D eigenvalue weighted by molar-refractivity contribution is -0.385. The summed E-state index contributed by atoms with van der Waals surface area (Å²) < 4.78 is 0. The number of hydrogen-bond acceptors (Lipinski definition) is 3. The highest BCUT2D eigenvalue weighted by Gasteiger charge is 2.18. The van der Waals surface area contributed by atoms with E-state index in [0.29, 0.717) is 5.56 Å². The van der Waals surface area contributed by atoms with Gasteiger partial charge in [-0.2, -0.15) is 0 Å². The number of rotatable bonds is 2. The van der Waals surface area contributed by atoms with E-state index in [1.807, 2.05) is 6.08 Å². The molecule has 1 aromatic heterocycles. The molecule has 1 aromatic rings. The van der Waals surface area contributed by atoms with Crippen LogP contribution in [-0.2, 0) is 0 Å². The first-order chi connectivity index (χ1) is 7.68. The zero-order chi connectivity index (χ0) is 11.5. The molecule has 0 saturated heterocycles. The molecule has 0 saturated carbocycles. The van der Waals surface area contributed by atoms with E-state index in [0.717, 1.165) is 24.8 Å². The molecule has 82 valence electrons. The highest BCUT2D eigenvalue weighted by molar-refractivity contribution is 5.73. The minimum atomic E-state index is -0.382. The van der Waals surface area contributed by atoms with Gasteiger partial charge in [-0.1, -0.05) is 18.2 Å². The molecule has 4 nitrogen and oxygen atoms in total. The Hall–Kier alpha value is -1.97. The zero-order valence-electron chi connectivity index (χ0n) is 8.85. The first kappa shape index (κ1) is 10.5. The second-order valence-electron chi connectivity index (χ2n) is 3.83. The van der Waals surface area contributed by atoms with Gasteiger partial charge in [0.05, 0.1) is 10.5 Å². The quantitative estimate of drug-likeness (QED) is 0.433. The summed E-state index contributed by atoms with van der Waals surface area (Å²) in [5.41, 5.74) is 2.98. The Morgan fingerprint density at radius 1 is 1.44 bits per heavy atom. The van der Waals surface area contributed by atoms with Crippen molar-refractivity contribution in [2.75, 3.05) is 0 Å². The van der Waals surface area contributed by atoms with Crippen LogP contribution in [0.15, 0.2) is 36.7 Å². The lowest BCUT2D eigenvalue weighted by atomic mass is 9.91. The fourth-order valence-electron chi connectivity index (χ4n) is 1.83. The molecule has 0 amide bonds. The van der Waals surface area contributed by atoms with E-state index in [4.69, 9.17) is 0 Å². The van der Waals surface area contributed by atoms with Gasteiger partial charge in [0.25, 0.3) is 5.69 Å². The van der Waals surface area contributed by atoms with Crippen LogP contribution in [-0.4, -0.2) is 9.91 Å². The van der Waals surface area contributed by atoms with E-state index >= 15 is 0 Å². The third kappa shape index (κ3) is 2.00. The average Bonchev–Trinajstić information content (AvgIpc) is 2.30. The number of allylic oxidation sites excluding steroid dienone is 3. The van der Waals surface area contributed by atoms with Crippen LogP contribution in [0.4, 0.5) is 5.69 Å². The van der Waals surface area contributed by atoms with E-state index in [-0.39, 0.29) is 10.6 Å². The minimum absolute atomic E-state index is 0.0845. The number of pyridine rings is 1. The van der Waals surface area contributed by atoms with Crippen LogP contribution in [0, 0.1) is 10.1 Å². The molecule has 1 aliphatic carbocycles. The Bertz CT molecular complexity index is 478. The van der Waals surface area contributed by atoms with Crippen LogP contribution in [0.2, 0.25) is 0 Å². The van der Waals surface area contributed by atoms with Gasteiger partial charge in [0.2, 0.25) is 0 Å². The van der Waals surface area contributed by atoms with Crippen LogP contribution in [0.3, 0.4) is 0 Å². The Labute approximate surface area is 93.5 Å². The summed E-state index contributed by atoms with van der Waals surface area (Å²) in [6.07, 6.45) is 7.46. The lowest BCUT2D eigenvalue weighted by Gasteiger charge is -2.14. The summed E-state index contributed by atoms with van der Waals surface area (Å²) in [7, 11) is 0. The smallest absolute Gasteiger partial charge is 0.258 e. The predicted molar refractivity (Wildman–Crippen MR) is 61.9 cm³/mol. The van der Waals surface area contributed by atoms with Crippen molar-refractivity contribution < 1.29 is 4.92 Å². The van der Waals surface area contributed by atoms with Crippen LogP contribution >= 0.6 is 0 Å². The van der Waals surface area contributed by atoms with Crippen LogP contribution in [0.5, 0.6) is 0 Å². The Balaban J connectivity index is 2.40. The largest absolute Gasteiger partial charge is 0.294 e. The maximum absolute atomic E-state index is 10.8. The molecule has 0 unspecified atom stereocenters. The maximum Gasteiger partial charge on any atom is 0.294 e. The van der Waals surface area contributed by atoms with Crippen LogP contribution in [0.25, 0.3) is 5.57 Å². The molecule has 1 aliphatic rings. The first-order valence-electron chi connectivity index (χ1n) is 5.13. The zero-order valence-corrected chi connectivity index (χ0v) is 8.85. The molecular formula is C12H12N2O2. The van der Waals surface area contributed by atoms with Gasteiger partial charge in [0.15, 0.2) is 0 Å². The van der Waals surface area contributed by atoms with Gasteiger partial charge in [-0.05, 0) is 30.9 Å². The number of aromatic nitrogens is 1.